The number of carbonyl (C=O) groups is 1. The van der Waals surface area contributed by atoms with Gasteiger partial charge in [-0.1, -0.05) is 28.1 Å². The molecule has 1 amide bonds. The Labute approximate surface area is 162 Å². The quantitative estimate of drug-likeness (QED) is 0.445. The monoisotopic (exact) mass is 431 g/mol. The number of amides is 1. The molecule has 1 N–H and O–H groups in total. The van der Waals surface area contributed by atoms with Crippen molar-refractivity contribution in [2.45, 2.75) is 13.8 Å². The summed E-state index contributed by atoms with van der Waals surface area (Å²) in [4.78, 5) is 28.3. The summed E-state index contributed by atoms with van der Waals surface area (Å²) in [5.74, 6) is -0.348. The Kier molecular flexibility index (Phi) is 5.15. The Balaban J connectivity index is 1.82. The van der Waals surface area contributed by atoms with Gasteiger partial charge in [0.05, 0.1) is 10.6 Å². The molecule has 1 heterocycles. The predicted octanol–water partition coefficient (Wildman–Crippen LogP) is 5.35. The van der Waals surface area contributed by atoms with E-state index in [-0.39, 0.29) is 11.6 Å². The van der Waals surface area contributed by atoms with E-state index < -0.39 is 4.92 Å². The molecule has 0 fully saturated rings. The molecular formula is C18H14BrN3O3S. The third-order valence-corrected chi connectivity index (χ3v) is 5.21. The number of rotatable bonds is 4. The first kappa shape index (κ1) is 18.2. The molecule has 6 nitrogen and oxygen atoms in total. The van der Waals surface area contributed by atoms with Crippen molar-refractivity contribution in [3.8, 4) is 11.3 Å². The maximum Gasteiger partial charge on any atom is 0.272 e. The molecule has 0 bridgehead atoms. The van der Waals surface area contributed by atoms with Crippen LogP contribution in [0.25, 0.3) is 11.3 Å². The number of anilines is 1. The van der Waals surface area contributed by atoms with E-state index in [0.717, 1.165) is 20.6 Å². The molecule has 0 unspecified atom stereocenters. The highest BCUT2D eigenvalue weighted by Gasteiger charge is 2.16. The second-order valence-electron chi connectivity index (χ2n) is 5.64. The molecule has 132 valence electrons. The number of hydrogen-bond acceptors (Lipinski definition) is 5. The third kappa shape index (κ3) is 3.81. The second kappa shape index (κ2) is 7.35. The number of thiazole rings is 1. The minimum absolute atomic E-state index is 0.0100. The SMILES string of the molecule is Cc1cc(C(=O)Nc2nc(-c3ccc(Br)cc3)c(C)s2)ccc1[N+](=O)[O-]. The lowest BCUT2D eigenvalue weighted by Gasteiger charge is -2.03. The second-order valence-corrected chi connectivity index (χ2v) is 7.76. The third-order valence-electron chi connectivity index (χ3n) is 3.79. The van der Waals surface area contributed by atoms with Crippen LogP contribution in [0.2, 0.25) is 0 Å². The van der Waals surface area contributed by atoms with E-state index in [1.807, 2.05) is 31.2 Å². The van der Waals surface area contributed by atoms with Gasteiger partial charge in [0.25, 0.3) is 11.6 Å². The Morgan fingerprint density at radius 2 is 1.88 bits per heavy atom. The molecule has 0 saturated heterocycles. The topological polar surface area (TPSA) is 85.1 Å². The molecule has 1 aromatic heterocycles. The van der Waals surface area contributed by atoms with Crippen LogP contribution >= 0.6 is 27.3 Å². The number of benzene rings is 2. The van der Waals surface area contributed by atoms with E-state index in [0.29, 0.717) is 16.3 Å². The van der Waals surface area contributed by atoms with Gasteiger partial charge in [0, 0.05) is 32.1 Å². The highest BCUT2D eigenvalue weighted by molar-refractivity contribution is 9.10. The van der Waals surface area contributed by atoms with Crippen molar-refractivity contribution in [1.29, 1.82) is 0 Å². The first-order valence-electron chi connectivity index (χ1n) is 7.65. The van der Waals surface area contributed by atoms with Crippen molar-refractivity contribution in [2.75, 3.05) is 5.32 Å². The minimum Gasteiger partial charge on any atom is -0.298 e. The Bertz CT molecular complexity index is 999. The van der Waals surface area contributed by atoms with Gasteiger partial charge in [0.15, 0.2) is 5.13 Å². The largest absolute Gasteiger partial charge is 0.298 e. The smallest absolute Gasteiger partial charge is 0.272 e. The van der Waals surface area contributed by atoms with Crippen molar-refractivity contribution < 1.29 is 9.72 Å². The van der Waals surface area contributed by atoms with Gasteiger partial charge in [-0.25, -0.2) is 4.98 Å². The number of aromatic nitrogens is 1. The first-order chi connectivity index (χ1) is 12.3. The average molecular weight is 432 g/mol. The van der Waals surface area contributed by atoms with Gasteiger partial charge in [0.1, 0.15) is 0 Å². The molecule has 0 atom stereocenters. The van der Waals surface area contributed by atoms with Gasteiger partial charge in [0.2, 0.25) is 0 Å². The summed E-state index contributed by atoms with van der Waals surface area (Å²) >= 11 is 4.79. The van der Waals surface area contributed by atoms with Crippen LogP contribution in [0.1, 0.15) is 20.8 Å². The maximum atomic E-state index is 12.4. The maximum absolute atomic E-state index is 12.4. The summed E-state index contributed by atoms with van der Waals surface area (Å²) < 4.78 is 0.983. The highest BCUT2D eigenvalue weighted by atomic mass is 79.9. The van der Waals surface area contributed by atoms with Crippen LogP contribution in [-0.4, -0.2) is 15.8 Å². The van der Waals surface area contributed by atoms with Gasteiger partial charge in [-0.2, -0.15) is 0 Å². The fourth-order valence-electron chi connectivity index (χ4n) is 2.50. The number of hydrogen-bond donors (Lipinski definition) is 1. The van der Waals surface area contributed by atoms with Crippen molar-refractivity contribution in [2.24, 2.45) is 0 Å². The van der Waals surface area contributed by atoms with Crippen molar-refractivity contribution >= 4 is 44.0 Å². The lowest BCUT2D eigenvalue weighted by Crippen LogP contribution is -2.12. The highest BCUT2D eigenvalue weighted by Crippen LogP contribution is 2.31. The zero-order chi connectivity index (χ0) is 18.8. The summed E-state index contributed by atoms with van der Waals surface area (Å²) in [6, 6.07) is 12.1. The number of nitro groups is 1. The molecule has 2 aromatic carbocycles. The number of nitrogens with zero attached hydrogens (tertiary/aromatic N) is 2. The Hall–Kier alpha value is -2.58. The molecule has 0 radical (unpaired) electrons. The molecule has 3 aromatic rings. The zero-order valence-electron chi connectivity index (χ0n) is 13.9. The van der Waals surface area contributed by atoms with Crippen LogP contribution in [0.5, 0.6) is 0 Å². The average Bonchev–Trinajstić information content (AvgIpc) is 2.95. The van der Waals surface area contributed by atoms with Gasteiger partial charge in [-0.15, -0.1) is 11.3 Å². The van der Waals surface area contributed by atoms with Crippen LogP contribution < -0.4 is 5.32 Å². The standard InChI is InChI=1S/C18H14BrN3O3S/c1-10-9-13(5-8-15(10)22(24)25)17(23)21-18-20-16(11(2)26-18)12-3-6-14(19)7-4-12/h3-9H,1-2H3,(H,20,21,23). The summed E-state index contributed by atoms with van der Waals surface area (Å²) in [6.07, 6.45) is 0. The van der Waals surface area contributed by atoms with Crippen LogP contribution in [0, 0.1) is 24.0 Å². The van der Waals surface area contributed by atoms with Crippen molar-refractivity contribution in [3.05, 3.63) is 73.1 Å². The molecule has 3 rings (SSSR count). The van der Waals surface area contributed by atoms with Crippen LogP contribution in [0.15, 0.2) is 46.9 Å². The Morgan fingerprint density at radius 1 is 1.19 bits per heavy atom. The first-order valence-corrected chi connectivity index (χ1v) is 9.26. The summed E-state index contributed by atoms with van der Waals surface area (Å²) in [6.45, 7) is 3.55. The molecule has 0 spiro atoms. The molecule has 0 aliphatic carbocycles. The van der Waals surface area contributed by atoms with Gasteiger partial charge < -0.3 is 0 Å². The van der Waals surface area contributed by atoms with Crippen LogP contribution in [0.4, 0.5) is 10.8 Å². The van der Waals surface area contributed by atoms with Gasteiger partial charge in [-0.3, -0.25) is 20.2 Å². The number of aryl methyl sites for hydroxylation is 2. The van der Waals surface area contributed by atoms with Crippen molar-refractivity contribution in [3.63, 3.8) is 0 Å². The molecule has 0 aliphatic rings. The Morgan fingerprint density at radius 3 is 2.50 bits per heavy atom. The summed E-state index contributed by atoms with van der Waals surface area (Å²) in [5, 5.41) is 14.1. The summed E-state index contributed by atoms with van der Waals surface area (Å²) in [5.41, 5.74) is 2.56. The minimum atomic E-state index is -0.467. The van der Waals surface area contributed by atoms with Gasteiger partial charge >= 0.3 is 0 Å². The fraction of sp³-hybridized carbons (Fsp3) is 0.111. The van der Waals surface area contributed by atoms with Crippen molar-refractivity contribution in [1.82, 2.24) is 4.98 Å². The molecule has 0 aliphatic heterocycles. The molecule has 8 heteroatoms. The lowest BCUT2D eigenvalue weighted by molar-refractivity contribution is -0.385. The van der Waals surface area contributed by atoms with E-state index in [4.69, 9.17) is 0 Å². The zero-order valence-corrected chi connectivity index (χ0v) is 16.3. The van der Waals surface area contributed by atoms with E-state index in [2.05, 4.69) is 26.2 Å². The lowest BCUT2D eigenvalue weighted by atomic mass is 10.1. The number of halogens is 1. The van der Waals surface area contributed by atoms with Crippen LogP contribution in [0.3, 0.4) is 0 Å². The summed E-state index contributed by atoms with van der Waals surface area (Å²) in [7, 11) is 0. The van der Waals surface area contributed by atoms with E-state index in [1.54, 1.807) is 6.92 Å². The van der Waals surface area contributed by atoms with Crippen LogP contribution in [-0.2, 0) is 0 Å². The number of nitro benzene ring substituents is 1. The van der Waals surface area contributed by atoms with E-state index in [1.165, 1.54) is 29.5 Å². The number of carbonyl (C=O) groups excluding carboxylic acids is 1. The molecular weight excluding hydrogens is 418 g/mol. The van der Waals surface area contributed by atoms with E-state index >= 15 is 0 Å². The van der Waals surface area contributed by atoms with E-state index in [9.17, 15) is 14.9 Å². The molecule has 0 saturated carbocycles. The van der Waals surface area contributed by atoms with Gasteiger partial charge in [-0.05, 0) is 38.1 Å². The fourth-order valence-corrected chi connectivity index (χ4v) is 3.59. The normalized spacial score (nSPS) is 10.6. The predicted molar refractivity (Wildman–Crippen MR) is 106 cm³/mol. The molecule has 26 heavy (non-hydrogen) atoms. The number of nitrogens with one attached hydrogen (secondary N) is 1.